The Labute approximate surface area is 121 Å². The highest BCUT2D eigenvalue weighted by molar-refractivity contribution is 7.07. The number of hydrogen-bond donors (Lipinski definition) is 1. The van der Waals surface area contributed by atoms with Crippen LogP contribution in [0.1, 0.15) is 17.2 Å². The smallest absolute Gasteiger partial charge is 0.333 e. The van der Waals surface area contributed by atoms with Crippen LogP contribution in [0.3, 0.4) is 0 Å². The minimum absolute atomic E-state index is 0.206. The van der Waals surface area contributed by atoms with Crippen molar-refractivity contribution in [1.29, 1.82) is 0 Å². The summed E-state index contributed by atoms with van der Waals surface area (Å²) in [5, 5.41) is 6.54. The molecule has 0 fully saturated rings. The molecule has 0 radical (unpaired) electrons. The fourth-order valence-electron chi connectivity index (χ4n) is 1.83. The van der Waals surface area contributed by atoms with Crippen molar-refractivity contribution >= 4 is 23.2 Å². The first kappa shape index (κ1) is 14.3. The molecule has 4 nitrogen and oxygen atoms in total. The van der Waals surface area contributed by atoms with Crippen LogP contribution in [0.15, 0.2) is 47.2 Å². The molecule has 1 heterocycles. The monoisotopic (exact) mass is 289 g/mol. The van der Waals surface area contributed by atoms with E-state index in [0.29, 0.717) is 5.56 Å². The molecule has 1 atom stereocenters. The molecule has 1 unspecified atom stereocenters. The van der Waals surface area contributed by atoms with Crippen molar-refractivity contribution < 1.29 is 14.3 Å². The number of ether oxygens (including phenoxy) is 1. The summed E-state index contributed by atoms with van der Waals surface area (Å²) in [5.74, 6) is -0.683. The van der Waals surface area contributed by atoms with E-state index in [1.807, 2.05) is 35.0 Å². The molecule has 0 saturated heterocycles. The predicted molar refractivity (Wildman–Crippen MR) is 77.4 cm³/mol. The average Bonchev–Trinajstić information content (AvgIpc) is 2.97. The van der Waals surface area contributed by atoms with Crippen LogP contribution in [0.4, 0.5) is 0 Å². The van der Waals surface area contributed by atoms with E-state index >= 15 is 0 Å². The third-order valence-corrected chi connectivity index (χ3v) is 3.55. The van der Waals surface area contributed by atoms with E-state index in [0.717, 1.165) is 5.56 Å². The summed E-state index contributed by atoms with van der Waals surface area (Å²) in [5.41, 5.74) is 1.64. The summed E-state index contributed by atoms with van der Waals surface area (Å²) in [7, 11) is 1.31. The van der Waals surface area contributed by atoms with Gasteiger partial charge in [0.05, 0.1) is 13.5 Å². The zero-order valence-electron chi connectivity index (χ0n) is 11.0. The van der Waals surface area contributed by atoms with E-state index in [4.69, 9.17) is 4.74 Å². The van der Waals surface area contributed by atoms with Gasteiger partial charge >= 0.3 is 5.97 Å². The Morgan fingerprint density at radius 3 is 2.60 bits per heavy atom. The first-order valence-corrected chi connectivity index (χ1v) is 7.08. The number of esters is 1. The van der Waals surface area contributed by atoms with Crippen molar-refractivity contribution in [2.45, 2.75) is 12.5 Å². The highest BCUT2D eigenvalue weighted by Crippen LogP contribution is 2.15. The molecule has 0 saturated carbocycles. The molecule has 5 heteroatoms. The standard InChI is InChI=1S/C15H15NO3S/c1-19-15(18)14(12-5-3-2-4-6-12)16-13(17)9-11-7-8-20-10-11/h2-8,10,14H,9H2,1H3,(H,16,17). The number of methoxy groups -OCH3 is 1. The third kappa shape index (κ3) is 3.68. The molecule has 20 heavy (non-hydrogen) atoms. The maximum absolute atomic E-state index is 12.0. The minimum Gasteiger partial charge on any atom is -0.467 e. The van der Waals surface area contributed by atoms with Gasteiger partial charge in [-0.25, -0.2) is 4.79 Å². The number of amides is 1. The van der Waals surface area contributed by atoms with Crippen molar-refractivity contribution in [2.24, 2.45) is 0 Å². The molecule has 0 aliphatic heterocycles. The summed E-state index contributed by atoms with van der Waals surface area (Å²) in [6.45, 7) is 0. The summed E-state index contributed by atoms with van der Waals surface area (Å²) in [4.78, 5) is 23.8. The van der Waals surface area contributed by atoms with Gasteiger partial charge in [0.1, 0.15) is 0 Å². The highest BCUT2D eigenvalue weighted by atomic mass is 32.1. The van der Waals surface area contributed by atoms with Gasteiger partial charge in [-0.05, 0) is 28.0 Å². The Morgan fingerprint density at radius 1 is 1.25 bits per heavy atom. The molecule has 0 spiro atoms. The van der Waals surface area contributed by atoms with Gasteiger partial charge in [0.15, 0.2) is 6.04 Å². The van der Waals surface area contributed by atoms with Crippen LogP contribution in [-0.2, 0) is 20.7 Å². The van der Waals surface area contributed by atoms with E-state index < -0.39 is 12.0 Å². The molecule has 1 aromatic heterocycles. The molecule has 0 aliphatic rings. The molecular weight excluding hydrogens is 274 g/mol. The second-order valence-corrected chi connectivity index (χ2v) is 5.02. The Morgan fingerprint density at radius 2 is 2.00 bits per heavy atom. The lowest BCUT2D eigenvalue weighted by Gasteiger charge is -2.16. The normalized spacial score (nSPS) is 11.7. The number of hydrogen-bond acceptors (Lipinski definition) is 4. The summed E-state index contributed by atoms with van der Waals surface area (Å²) >= 11 is 1.54. The molecule has 1 amide bonds. The zero-order chi connectivity index (χ0) is 14.4. The number of carbonyl (C=O) groups excluding carboxylic acids is 2. The van der Waals surface area contributed by atoms with Crippen molar-refractivity contribution in [3.8, 4) is 0 Å². The Hall–Kier alpha value is -2.14. The first-order valence-electron chi connectivity index (χ1n) is 6.14. The van der Waals surface area contributed by atoms with Crippen molar-refractivity contribution in [1.82, 2.24) is 5.32 Å². The predicted octanol–water partition coefficient (Wildman–Crippen LogP) is 2.32. The number of nitrogens with one attached hydrogen (secondary N) is 1. The molecular formula is C15H15NO3S. The maximum Gasteiger partial charge on any atom is 0.333 e. The van der Waals surface area contributed by atoms with Crippen LogP contribution in [0.25, 0.3) is 0 Å². The lowest BCUT2D eigenvalue weighted by Crippen LogP contribution is -2.35. The maximum atomic E-state index is 12.0. The van der Waals surface area contributed by atoms with Gasteiger partial charge in [-0.2, -0.15) is 11.3 Å². The molecule has 1 N–H and O–H groups in total. The summed E-state index contributed by atoms with van der Waals surface area (Å²) < 4.78 is 4.75. The van der Waals surface area contributed by atoms with Gasteiger partial charge in [-0.1, -0.05) is 30.3 Å². The quantitative estimate of drug-likeness (QED) is 0.859. The molecule has 2 rings (SSSR count). The highest BCUT2D eigenvalue weighted by Gasteiger charge is 2.23. The summed E-state index contributed by atoms with van der Waals surface area (Å²) in [6.07, 6.45) is 0.254. The fraction of sp³-hybridized carbons (Fsp3) is 0.200. The van der Waals surface area contributed by atoms with Crippen LogP contribution in [-0.4, -0.2) is 19.0 Å². The molecule has 1 aromatic carbocycles. The van der Waals surface area contributed by atoms with Crippen LogP contribution >= 0.6 is 11.3 Å². The van der Waals surface area contributed by atoms with Crippen LogP contribution in [0.2, 0.25) is 0 Å². The van der Waals surface area contributed by atoms with E-state index in [-0.39, 0.29) is 12.3 Å². The first-order chi connectivity index (χ1) is 9.70. The zero-order valence-corrected chi connectivity index (χ0v) is 11.9. The van der Waals surface area contributed by atoms with E-state index in [1.54, 1.807) is 12.1 Å². The van der Waals surface area contributed by atoms with E-state index in [1.165, 1.54) is 18.4 Å². The Kier molecular flexibility index (Phi) is 4.90. The van der Waals surface area contributed by atoms with Gasteiger partial charge in [0.25, 0.3) is 0 Å². The van der Waals surface area contributed by atoms with Gasteiger partial charge in [-0.3, -0.25) is 4.79 Å². The lowest BCUT2D eigenvalue weighted by molar-refractivity contribution is -0.145. The van der Waals surface area contributed by atoms with Gasteiger partial charge in [0.2, 0.25) is 5.91 Å². The Balaban J connectivity index is 2.08. The molecule has 0 aliphatic carbocycles. The van der Waals surface area contributed by atoms with E-state index in [2.05, 4.69) is 5.32 Å². The van der Waals surface area contributed by atoms with E-state index in [9.17, 15) is 9.59 Å². The Bertz CT molecular complexity index is 566. The fourth-order valence-corrected chi connectivity index (χ4v) is 2.50. The molecule has 0 bridgehead atoms. The van der Waals surface area contributed by atoms with Crippen LogP contribution in [0, 0.1) is 0 Å². The summed E-state index contributed by atoms with van der Waals surface area (Å²) in [6, 6.07) is 10.2. The van der Waals surface area contributed by atoms with Gasteiger partial charge in [-0.15, -0.1) is 0 Å². The minimum atomic E-state index is -0.771. The third-order valence-electron chi connectivity index (χ3n) is 2.82. The van der Waals surface area contributed by atoms with Gasteiger partial charge < -0.3 is 10.1 Å². The van der Waals surface area contributed by atoms with Crippen molar-refractivity contribution in [2.75, 3.05) is 7.11 Å². The average molecular weight is 289 g/mol. The second-order valence-electron chi connectivity index (χ2n) is 4.24. The van der Waals surface area contributed by atoms with Crippen LogP contribution < -0.4 is 5.32 Å². The topological polar surface area (TPSA) is 55.4 Å². The molecule has 104 valence electrons. The van der Waals surface area contributed by atoms with Gasteiger partial charge in [0, 0.05) is 0 Å². The van der Waals surface area contributed by atoms with Crippen molar-refractivity contribution in [3.63, 3.8) is 0 Å². The lowest BCUT2D eigenvalue weighted by atomic mass is 10.1. The number of thiophene rings is 1. The number of rotatable bonds is 5. The SMILES string of the molecule is COC(=O)C(NC(=O)Cc1ccsc1)c1ccccc1. The largest absolute Gasteiger partial charge is 0.467 e. The van der Waals surface area contributed by atoms with Crippen molar-refractivity contribution in [3.05, 3.63) is 58.3 Å². The number of carbonyl (C=O) groups is 2. The second kappa shape index (κ2) is 6.86. The van der Waals surface area contributed by atoms with Crippen LogP contribution in [0.5, 0.6) is 0 Å². The number of benzene rings is 1. The molecule has 2 aromatic rings.